The number of halogens is 2. The van der Waals surface area contributed by atoms with Crippen molar-refractivity contribution >= 4 is 11.6 Å². The summed E-state index contributed by atoms with van der Waals surface area (Å²) in [6.07, 6.45) is 2.33. The molecule has 1 unspecified atom stereocenters. The van der Waals surface area contributed by atoms with Gasteiger partial charge >= 0.3 is 0 Å². The average molecular weight is 254 g/mol. The lowest BCUT2D eigenvalue weighted by atomic mass is 10.1. The number of carbonyl (C=O) groups excluding carboxylic acids is 1. The summed E-state index contributed by atoms with van der Waals surface area (Å²) in [6.45, 7) is 2.18. The summed E-state index contributed by atoms with van der Waals surface area (Å²) in [7, 11) is 0. The predicted octanol–water partition coefficient (Wildman–Crippen LogP) is 2.35. The molecule has 98 valence electrons. The number of aryl methyl sites for hydroxylation is 1. The summed E-state index contributed by atoms with van der Waals surface area (Å²) in [5, 5.41) is 5.41. The van der Waals surface area contributed by atoms with Crippen LogP contribution in [0.5, 0.6) is 0 Å². The van der Waals surface area contributed by atoms with Crippen molar-refractivity contribution in [3.05, 3.63) is 29.3 Å². The first-order valence-electron chi connectivity index (χ1n) is 6.08. The Kier molecular flexibility index (Phi) is 3.79. The van der Waals surface area contributed by atoms with Gasteiger partial charge in [0.15, 0.2) is 5.82 Å². The molecule has 5 heteroatoms. The summed E-state index contributed by atoms with van der Waals surface area (Å²) in [5.41, 5.74) is 0.144. The van der Waals surface area contributed by atoms with Gasteiger partial charge in [-0.3, -0.25) is 4.79 Å². The molecule has 1 saturated heterocycles. The molecule has 1 aromatic carbocycles. The van der Waals surface area contributed by atoms with Crippen molar-refractivity contribution in [2.45, 2.75) is 32.2 Å². The lowest BCUT2D eigenvalue weighted by molar-refractivity contribution is -0.121. The summed E-state index contributed by atoms with van der Waals surface area (Å²) in [5.74, 6) is -1.50. The number of nitrogens with one attached hydrogen (secondary N) is 2. The van der Waals surface area contributed by atoms with Gasteiger partial charge in [0.1, 0.15) is 17.5 Å². The van der Waals surface area contributed by atoms with Crippen molar-refractivity contribution in [2.24, 2.45) is 0 Å². The first kappa shape index (κ1) is 12.8. The second-order valence-corrected chi connectivity index (χ2v) is 4.54. The first-order chi connectivity index (χ1) is 8.59. The number of rotatable bonds is 2. The van der Waals surface area contributed by atoms with Crippen LogP contribution in [0.2, 0.25) is 0 Å². The zero-order valence-corrected chi connectivity index (χ0v) is 10.2. The molecule has 0 bridgehead atoms. The number of benzene rings is 1. The van der Waals surface area contributed by atoms with Crippen molar-refractivity contribution in [1.82, 2.24) is 5.32 Å². The van der Waals surface area contributed by atoms with Crippen LogP contribution in [0.1, 0.15) is 24.8 Å². The van der Waals surface area contributed by atoms with Gasteiger partial charge in [0.2, 0.25) is 5.91 Å². The Morgan fingerprint density at radius 3 is 2.89 bits per heavy atom. The van der Waals surface area contributed by atoms with Crippen molar-refractivity contribution in [2.75, 3.05) is 11.9 Å². The van der Waals surface area contributed by atoms with Crippen LogP contribution in [-0.2, 0) is 4.79 Å². The Hall–Kier alpha value is -1.65. The summed E-state index contributed by atoms with van der Waals surface area (Å²) >= 11 is 0. The number of hydrogen-bond acceptors (Lipinski definition) is 2. The van der Waals surface area contributed by atoms with Gasteiger partial charge in [-0.15, -0.1) is 0 Å². The molecule has 0 radical (unpaired) electrons. The van der Waals surface area contributed by atoms with E-state index in [1.807, 2.05) is 0 Å². The van der Waals surface area contributed by atoms with Gasteiger partial charge in [0, 0.05) is 6.54 Å². The molecular formula is C13H16F2N2O. The fourth-order valence-corrected chi connectivity index (χ4v) is 2.04. The zero-order valence-electron chi connectivity index (χ0n) is 10.2. The van der Waals surface area contributed by atoms with Crippen molar-refractivity contribution in [3.63, 3.8) is 0 Å². The minimum Gasteiger partial charge on any atom is -0.369 e. The van der Waals surface area contributed by atoms with Crippen LogP contribution >= 0.6 is 0 Å². The Morgan fingerprint density at radius 2 is 2.11 bits per heavy atom. The molecule has 0 aliphatic carbocycles. The topological polar surface area (TPSA) is 41.1 Å². The Labute approximate surface area is 105 Å². The first-order valence-corrected chi connectivity index (χ1v) is 6.08. The highest BCUT2D eigenvalue weighted by atomic mass is 19.1. The Bertz CT molecular complexity index is 463. The van der Waals surface area contributed by atoms with Gasteiger partial charge in [-0.2, -0.15) is 0 Å². The van der Waals surface area contributed by atoms with Crippen LogP contribution in [0.25, 0.3) is 0 Å². The fraction of sp³-hybridized carbons (Fsp3) is 0.462. The van der Waals surface area contributed by atoms with Gasteiger partial charge in [-0.05, 0) is 37.8 Å². The molecule has 3 nitrogen and oxygen atoms in total. The monoisotopic (exact) mass is 254 g/mol. The molecule has 18 heavy (non-hydrogen) atoms. The molecule has 0 saturated carbocycles. The molecule has 1 atom stereocenters. The highest BCUT2D eigenvalue weighted by Crippen LogP contribution is 2.23. The van der Waals surface area contributed by atoms with Crippen molar-refractivity contribution < 1.29 is 13.6 Å². The molecule has 1 aliphatic heterocycles. The normalized spacial score (nSPS) is 20.2. The maximum Gasteiger partial charge on any atom is 0.242 e. The van der Waals surface area contributed by atoms with Crippen LogP contribution in [0.4, 0.5) is 14.5 Å². The predicted molar refractivity (Wildman–Crippen MR) is 65.4 cm³/mol. The van der Waals surface area contributed by atoms with Crippen LogP contribution in [0.15, 0.2) is 12.1 Å². The van der Waals surface area contributed by atoms with Gasteiger partial charge in [0.25, 0.3) is 0 Å². The van der Waals surface area contributed by atoms with Crippen molar-refractivity contribution in [1.29, 1.82) is 0 Å². The van der Waals surface area contributed by atoms with E-state index in [0.29, 0.717) is 18.5 Å². The van der Waals surface area contributed by atoms with Crippen molar-refractivity contribution in [3.8, 4) is 0 Å². The van der Waals surface area contributed by atoms with E-state index < -0.39 is 17.7 Å². The molecule has 1 aliphatic rings. The Balaban J connectivity index is 2.22. The molecule has 0 aromatic heterocycles. The zero-order chi connectivity index (χ0) is 13.1. The minimum atomic E-state index is -0.671. The highest BCUT2D eigenvalue weighted by molar-refractivity contribution is 5.84. The van der Waals surface area contributed by atoms with E-state index in [1.54, 1.807) is 6.92 Å². The summed E-state index contributed by atoms with van der Waals surface area (Å²) in [6, 6.07) is 2.01. The number of hydrogen-bond donors (Lipinski definition) is 2. The third-order valence-electron chi connectivity index (χ3n) is 3.14. The van der Waals surface area contributed by atoms with Gasteiger partial charge in [-0.1, -0.05) is 6.07 Å². The second-order valence-electron chi connectivity index (χ2n) is 4.54. The van der Waals surface area contributed by atoms with E-state index in [2.05, 4.69) is 10.6 Å². The number of anilines is 1. The molecule has 1 aromatic rings. The summed E-state index contributed by atoms with van der Waals surface area (Å²) < 4.78 is 27.4. The fourth-order valence-electron chi connectivity index (χ4n) is 2.04. The van der Waals surface area contributed by atoms with Crippen LogP contribution < -0.4 is 10.6 Å². The van der Waals surface area contributed by atoms with Crippen LogP contribution in [0, 0.1) is 18.6 Å². The third-order valence-corrected chi connectivity index (χ3v) is 3.14. The van der Waals surface area contributed by atoms with Crippen LogP contribution in [-0.4, -0.2) is 18.5 Å². The quantitative estimate of drug-likeness (QED) is 0.850. The summed E-state index contributed by atoms with van der Waals surface area (Å²) in [4.78, 5) is 11.7. The third kappa shape index (κ3) is 2.60. The SMILES string of the molecule is Cc1ccc(F)c(NC2CCCCNC2=O)c1F. The molecule has 2 rings (SSSR count). The molecule has 1 heterocycles. The average Bonchev–Trinajstić information content (AvgIpc) is 2.55. The molecule has 1 fully saturated rings. The minimum absolute atomic E-state index is 0.201. The van der Waals surface area contributed by atoms with Gasteiger partial charge in [-0.25, -0.2) is 8.78 Å². The lowest BCUT2D eigenvalue weighted by Crippen LogP contribution is -2.38. The van der Waals surface area contributed by atoms with Gasteiger partial charge < -0.3 is 10.6 Å². The van der Waals surface area contributed by atoms with E-state index in [0.717, 1.165) is 12.8 Å². The van der Waals surface area contributed by atoms with Gasteiger partial charge in [0.05, 0.1) is 0 Å². The van der Waals surface area contributed by atoms with E-state index in [9.17, 15) is 13.6 Å². The van der Waals surface area contributed by atoms with E-state index in [4.69, 9.17) is 0 Å². The molecular weight excluding hydrogens is 238 g/mol. The molecule has 0 spiro atoms. The van der Waals surface area contributed by atoms with E-state index in [-0.39, 0.29) is 11.6 Å². The van der Waals surface area contributed by atoms with Crippen LogP contribution in [0.3, 0.4) is 0 Å². The standard InChI is InChI=1S/C13H16F2N2O/c1-8-5-6-9(14)12(11(8)15)17-10-4-2-3-7-16-13(10)18/h5-6,10,17H,2-4,7H2,1H3,(H,16,18). The number of carbonyl (C=O) groups is 1. The number of amides is 1. The highest BCUT2D eigenvalue weighted by Gasteiger charge is 2.23. The molecule has 1 amide bonds. The van der Waals surface area contributed by atoms with E-state index in [1.165, 1.54) is 12.1 Å². The maximum absolute atomic E-state index is 13.8. The second kappa shape index (κ2) is 5.33. The largest absolute Gasteiger partial charge is 0.369 e. The Morgan fingerprint density at radius 1 is 1.33 bits per heavy atom. The lowest BCUT2D eigenvalue weighted by Gasteiger charge is -2.18. The van der Waals surface area contributed by atoms with E-state index >= 15 is 0 Å². The molecule has 2 N–H and O–H groups in total. The smallest absolute Gasteiger partial charge is 0.242 e. The maximum atomic E-state index is 13.8.